The maximum Gasteiger partial charge on any atom is 0.223 e. The maximum atomic E-state index is 6.04. The van der Waals surface area contributed by atoms with Crippen LogP contribution in [0, 0.1) is 0 Å². The first-order chi connectivity index (χ1) is 14.2. The van der Waals surface area contributed by atoms with E-state index < -0.39 is 0 Å². The molecular weight excluding hydrogens is 388 g/mol. The summed E-state index contributed by atoms with van der Waals surface area (Å²) in [6.45, 7) is 13.2. The number of aryl methyl sites for hydroxylation is 1. The van der Waals surface area contributed by atoms with E-state index in [-0.39, 0.29) is 5.41 Å². The van der Waals surface area contributed by atoms with Crippen molar-refractivity contribution >= 4 is 11.8 Å². The number of hydrogen-bond donors (Lipinski definition) is 0. The molecular formula is C26H32N2OS. The standard InChI is InChI=1S/C26H32N2OS/c1-7-22-16-24(29-23-14-10-20(11-15-23)18(2)3)28-25(27-22)30-17-19-8-12-21(13-9-19)26(4,5)6/h8-16,18H,7,17H2,1-6H3. The van der Waals surface area contributed by atoms with Crippen molar-refractivity contribution in [1.29, 1.82) is 0 Å². The Kier molecular flexibility index (Phi) is 7.19. The van der Waals surface area contributed by atoms with Crippen molar-refractivity contribution in [2.75, 3.05) is 0 Å². The lowest BCUT2D eigenvalue weighted by molar-refractivity contribution is 0.453. The van der Waals surface area contributed by atoms with Crippen LogP contribution in [0.2, 0.25) is 0 Å². The quantitative estimate of drug-likeness (QED) is 0.292. The molecule has 0 saturated heterocycles. The van der Waals surface area contributed by atoms with Crippen LogP contribution in [-0.2, 0) is 17.6 Å². The van der Waals surface area contributed by atoms with E-state index in [0.717, 1.165) is 28.8 Å². The molecule has 0 aliphatic carbocycles. The average molecular weight is 421 g/mol. The molecule has 1 heterocycles. The Hall–Kier alpha value is -2.33. The first kappa shape index (κ1) is 22.4. The zero-order valence-electron chi connectivity index (χ0n) is 18.9. The molecule has 3 rings (SSSR count). The van der Waals surface area contributed by atoms with E-state index in [2.05, 4.69) is 87.9 Å². The number of rotatable bonds is 7. The zero-order valence-corrected chi connectivity index (χ0v) is 19.7. The highest BCUT2D eigenvalue weighted by atomic mass is 32.2. The molecule has 0 unspecified atom stereocenters. The third-order valence-electron chi connectivity index (χ3n) is 5.05. The van der Waals surface area contributed by atoms with Crippen molar-refractivity contribution in [1.82, 2.24) is 9.97 Å². The van der Waals surface area contributed by atoms with E-state index >= 15 is 0 Å². The van der Waals surface area contributed by atoms with Gasteiger partial charge in [-0.1, -0.05) is 89.7 Å². The Balaban J connectivity index is 1.71. The molecule has 30 heavy (non-hydrogen) atoms. The van der Waals surface area contributed by atoms with E-state index in [4.69, 9.17) is 4.74 Å². The molecule has 3 nitrogen and oxygen atoms in total. The van der Waals surface area contributed by atoms with Gasteiger partial charge in [0.05, 0.1) is 0 Å². The van der Waals surface area contributed by atoms with Crippen LogP contribution in [0.3, 0.4) is 0 Å². The molecule has 0 bridgehead atoms. The minimum atomic E-state index is 0.170. The molecule has 3 aromatic rings. The highest BCUT2D eigenvalue weighted by molar-refractivity contribution is 7.98. The summed E-state index contributed by atoms with van der Waals surface area (Å²) in [5.41, 5.74) is 5.08. The molecule has 0 radical (unpaired) electrons. The number of benzene rings is 2. The summed E-state index contributed by atoms with van der Waals surface area (Å²) in [5, 5.41) is 0.753. The molecule has 0 saturated carbocycles. The van der Waals surface area contributed by atoms with Crippen molar-refractivity contribution in [3.63, 3.8) is 0 Å². The largest absolute Gasteiger partial charge is 0.439 e. The summed E-state index contributed by atoms with van der Waals surface area (Å²) in [6.07, 6.45) is 0.846. The van der Waals surface area contributed by atoms with Gasteiger partial charge in [-0.25, -0.2) is 4.98 Å². The molecule has 4 heteroatoms. The van der Waals surface area contributed by atoms with Crippen LogP contribution in [0.5, 0.6) is 11.6 Å². The summed E-state index contributed by atoms with van der Waals surface area (Å²) in [5.74, 6) is 2.74. The lowest BCUT2D eigenvalue weighted by atomic mass is 9.87. The van der Waals surface area contributed by atoms with E-state index in [9.17, 15) is 0 Å². The number of aromatic nitrogens is 2. The normalized spacial score (nSPS) is 11.7. The smallest absolute Gasteiger partial charge is 0.223 e. The molecule has 1 aromatic heterocycles. The van der Waals surface area contributed by atoms with Crippen LogP contribution in [0.25, 0.3) is 0 Å². The second kappa shape index (κ2) is 9.65. The fraction of sp³-hybridized carbons (Fsp3) is 0.385. The van der Waals surface area contributed by atoms with E-state index in [0.29, 0.717) is 11.8 Å². The average Bonchev–Trinajstić information content (AvgIpc) is 2.72. The van der Waals surface area contributed by atoms with Crippen LogP contribution in [0.1, 0.15) is 69.8 Å². The van der Waals surface area contributed by atoms with Gasteiger partial charge in [-0.3, -0.25) is 0 Å². The number of hydrogen-bond acceptors (Lipinski definition) is 4. The van der Waals surface area contributed by atoms with Gasteiger partial charge in [0.15, 0.2) is 5.16 Å². The minimum Gasteiger partial charge on any atom is -0.439 e. The lowest BCUT2D eigenvalue weighted by Crippen LogP contribution is -2.10. The van der Waals surface area contributed by atoms with Crippen molar-refractivity contribution in [2.45, 2.75) is 70.2 Å². The molecule has 0 N–H and O–H groups in total. The SMILES string of the molecule is CCc1cc(Oc2ccc(C(C)C)cc2)nc(SCc2ccc(C(C)(C)C)cc2)n1. The van der Waals surface area contributed by atoms with E-state index in [1.807, 2.05) is 18.2 Å². The molecule has 0 atom stereocenters. The Morgan fingerprint density at radius 2 is 1.60 bits per heavy atom. The maximum absolute atomic E-state index is 6.04. The van der Waals surface area contributed by atoms with E-state index in [1.54, 1.807) is 11.8 Å². The highest BCUT2D eigenvalue weighted by Crippen LogP contribution is 2.28. The van der Waals surface area contributed by atoms with Crippen molar-refractivity contribution in [2.24, 2.45) is 0 Å². The van der Waals surface area contributed by atoms with Crippen LogP contribution in [0.15, 0.2) is 59.8 Å². The first-order valence-corrected chi connectivity index (χ1v) is 11.6. The molecule has 0 amide bonds. The zero-order chi connectivity index (χ0) is 21.7. The molecule has 158 valence electrons. The van der Waals surface area contributed by atoms with Gasteiger partial charge in [-0.2, -0.15) is 4.98 Å². The Morgan fingerprint density at radius 3 is 2.17 bits per heavy atom. The third-order valence-corrected chi connectivity index (χ3v) is 5.97. The van der Waals surface area contributed by atoms with Gasteiger partial charge in [0, 0.05) is 17.5 Å². The topological polar surface area (TPSA) is 35.0 Å². The molecule has 0 aliphatic rings. The Labute approximate surface area is 185 Å². The Morgan fingerprint density at radius 1 is 0.933 bits per heavy atom. The van der Waals surface area contributed by atoms with Crippen LogP contribution >= 0.6 is 11.8 Å². The summed E-state index contributed by atoms with van der Waals surface area (Å²) >= 11 is 1.65. The predicted octanol–water partition coefficient (Wildman–Crippen LogP) is 7.54. The van der Waals surface area contributed by atoms with Gasteiger partial charge >= 0.3 is 0 Å². The van der Waals surface area contributed by atoms with Crippen LogP contribution in [-0.4, -0.2) is 9.97 Å². The fourth-order valence-corrected chi connectivity index (χ4v) is 3.86. The van der Waals surface area contributed by atoms with Gasteiger partial charge in [0.2, 0.25) is 5.88 Å². The molecule has 2 aromatic carbocycles. The van der Waals surface area contributed by atoms with E-state index in [1.165, 1.54) is 16.7 Å². The Bertz CT molecular complexity index is 958. The van der Waals surface area contributed by atoms with Crippen molar-refractivity contribution in [3.8, 4) is 11.6 Å². The summed E-state index contributed by atoms with van der Waals surface area (Å²) in [7, 11) is 0. The summed E-state index contributed by atoms with van der Waals surface area (Å²) in [6, 6.07) is 19.0. The van der Waals surface area contributed by atoms with Gasteiger partial charge < -0.3 is 4.74 Å². The second-order valence-corrected chi connectivity index (χ2v) is 9.84. The molecule has 0 spiro atoms. The first-order valence-electron chi connectivity index (χ1n) is 10.6. The monoisotopic (exact) mass is 420 g/mol. The van der Waals surface area contributed by atoms with Crippen LogP contribution in [0.4, 0.5) is 0 Å². The van der Waals surface area contributed by atoms with Gasteiger partial charge in [0.25, 0.3) is 0 Å². The third kappa shape index (κ3) is 6.09. The summed E-state index contributed by atoms with van der Waals surface area (Å²) in [4.78, 5) is 9.31. The van der Waals surface area contributed by atoms with Crippen molar-refractivity contribution < 1.29 is 4.74 Å². The lowest BCUT2D eigenvalue weighted by Gasteiger charge is -2.19. The predicted molar refractivity (Wildman–Crippen MR) is 127 cm³/mol. The van der Waals surface area contributed by atoms with Crippen molar-refractivity contribution in [3.05, 3.63) is 77.0 Å². The minimum absolute atomic E-state index is 0.170. The second-order valence-electron chi connectivity index (χ2n) is 8.90. The molecule has 0 aliphatic heterocycles. The highest BCUT2D eigenvalue weighted by Gasteiger charge is 2.13. The fourth-order valence-electron chi connectivity index (χ4n) is 3.04. The number of nitrogens with zero attached hydrogens (tertiary/aromatic N) is 2. The summed E-state index contributed by atoms with van der Waals surface area (Å²) < 4.78 is 6.04. The number of thioether (sulfide) groups is 1. The molecule has 0 fully saturated rings. The van der Waals surface area contributed by atoms with Gasteiger partial charge in [-0.05, 0) is 46.6 Å². The number of ether oxygens (including phenoxy) is 1. The van der Waals surface area contributed by atoms with Gasteiger partial charge in [0.1, 0.15) is 5.75 Å². The van der Waals surface area contributed by atoms with Crippen LogP contribution < -0.4 is 4.74 Å². The van der Waals surface area contributed by atoms with Gasteiger partial charge in [-0.15, -0.1) is 0 Å².